The van der Waals surface area contributed by atoms with Crippen molar-refractivity contribution in [3.8, 4) is 0 Å². The second kappa shape index (κ2) is 3.59. The van der Waals surface area contributed by atoms with Crippen LogP contribution in [0.25, 0.3) is 21.5 Å². The number of hydrogen-bond acceptors (Lipinski definition) is 1. The average molecular weight is 226 g/mol. The third kappa shape index (κ3) is 1.46. The summed E-state index contributed by atoms with van der Waals surface area (Å²) >= 11 is 0. The number of hydrogen-bond donors (Lipinski definition) is 1. The van der Waals surface area contributed by atoms with Crippen LogP contribution in [0.5, 0.6) is 0 Å². The lowest BCUT2D eigenvalue weighted by atomic mass is 9.98. The first kappa shape index (κ1) is 9.85. The molecule has 1 N–H and O–H groups in total. The topological polar surface area (TPSA) is 37.3 Å². The Hall–Kier alpha value is -2.35. The Bertz CT molecular complexity index is 738. The van der Waals surface area contributed by atoms with Crippen molar-refractivity contribution in [2.75, 3.05) is 0 Å². The zero-order chi connectivity index (χ0) is 11.8. The molecular weight excluding hydrogens is 212 g/mol. The minimum absolute atomic E-state index is 0. The average Bonchev–Trinajstić information content (AvgIpc) is 2.37. The summed E-state index contributed by atoms with van der Waals surface area (Å²) in [4.78, 5) is 11.2. The Balaban J connectivity index is 0.000000902. The number of fused-ring (bicyclic) bond motifs is 3. The molecule has 3 rings (SSSR count). The second-order valence-corrected chi connectivity index (χ2v) is 3.99. The number of carboxylic acid groups (broad SMARTS) is 1. The molecule has 2 heteroatoms. The highest BCUT2D eigenvalue weighted by atomic mass is 16.4. The first-order valence-corrected chi connectivity index (χ1v) is 5.41. The zero-order valence-electron chi connectivity index (χ0n) is 9.05. The summed E-state index contributed by atoms with van der Waals surface area (Å²) in [5.41, 5.74) is 0.355. The van der Waals surface area contributed by atoms with E-state index < -0.39 is 5.97 Å². The maximum atomic E-state index is 11.2. The van der Waals surface area contributed by atoms with E-state index in [1.165, 1.54) is 0 Å². The highest BCUT2D eigenvalue weighted by molar-refractivity contribution is 6.13. The molecule has 3 aromatic carbocycles. The molecule has 0 spiro atoms. The second-order valence-electron chi connectivity index (χ2n) is 3.99. The Kier molecular flexibility index (Phi) is 2.08. The maximum Gasteiger partial charge on any atom is 0.336 e. The van der Waals surface area contributed by atoms with Gasteiger partial charge < -0.3 is 5.11 Å². The summed E-state index contributed by atoms with van der Waals surface area (Å²) in [6, 6.07) is 17.2. The normalized spacial score (nSPS) is 10.8. The van der Waals surface area contributed by atoms with E-state index in [4.69, 9.17) is 5.11 Å². The molecule has 0 atom stereocenters. The lowest BCUT2D eigenvalue weighted by Crippen LogP contribution is -1.97. The van der Waals surface area contributed by atoms with E-state index in [0.717, 1.165) is 21.5 Å². The van der Waals surface area contributed by atoms with Crippen molar-refractivity contribution < 1.29 is 12.8 Å². The SMILES string of the molecule is O=C(O)c1cccc2c1ccc1ccccc12.[HH].[HH]. The molecule has 0 aromatic heterocycles. The molecule has 0 heterocycles. The van der Waals surface area contributed by atoms with Crippen molar-refractivity contribution in [2.24, 2.45) is 0 Å². The van der Waals surface area contributed by atoms with Crippen molar-refractivity contribution in [3.05, 3.63) is 60.2 Å². The molecule has 0 unspecified atom stereocenters. The van der Waals surface area contributed by atoms with Gasteiger partial charge in [-0.1, -0.05) is 48.5 Å². The fourth-order valence-electron chi connectivity index (χ4n) is 2.23. The molecule has 0 radical (unpaired) electrons. The molecule has 2 nitrogen and oxygen atoms in total. The lowest BCUT2D eigenvalue weighted by molar-refractivity contribution is 0.0699. The highest BCUT2D eigenvalue weighted by Crippen LogP contribution is 2.27. The van der Waals surface area contributed by atoms with Crippen molar-refractivity contribution in [1.29, 1.82) is 0 Å². The Morgan fingerprint density at radius 3 is 2.41 bits per heavy atom. The van der Waals surface area contributed by atoms with Gasteiger partial charge in [-0.15, -0.1) is 0 Å². The Morgan fingerprint density at radius 2 is 1.59 bits per heavy atom. The molecule has 0 aliphatic heterocycles. The fourth-order valence-corrected chi connectivity index (χ4v) is 2.23. The van der Waals surface area contributed by atoms with Gasteiger partial charge in [-0.05, 0) is 27.6 Å². The third-order valence-corrected chi connectivity index (χ3v) is 3.02. The molecule has 0 aliphatic carbocycles. The van der Waals surface area contributed by atoms with Crippen LogP contribution in [0, 0.1) is 0 Å². The van der Waals surface area contributed by atoms with Gasteiger partial charge in [0.05, 0.1) is 5.56 Å². The molecule has 0 aliphatic rings. The van der Waals surface area contributed by atoms with Gasteiger partial charge in [0.2, 0.25) is 0 Å². The Labute approximate surface area is 101 Å². The smallest absolute Gasteiger partial charge is 0.336 e. The third-order valence-electron chi connectivity index (χ3n) is 3.02. The Morgan fingerprint density at radius 1 is 0.824 bits per heavy atom. The maximum absolute atomic E-state index is 11.2. The van der Waals surface area contributed by atoms with Crippen molar-refractivity contribution >= 4 is 27.5 Å². The number of benzene rings is 3. The quantitative estimate of drug-likeness (QED) is 0.632. The summed E-state index contributed by atoms with van der Waals surface area (Å²) in [5, 5.41) is 13.2. The molecule has 0 fully saturated rings. The van der Waals surface area contributed by atoms with Gasteiger partial charge in [0.15, 0.2) is 0 Å². The summed E-state index contributed by atoms with van der Waals surface area (Å²) in [7, 11) is 0. The molecule has 0 amide bonds. The monoisotopic (exact) mass is 226 g/mol. The van der Waals surface area contributed by atoms with Gasteiger partial charge in [0.1, 0.15) is 0 Å². The van der Waals surface area contributed by atoms with E-state index in [-0.39, 0.29) is 2.85 Å². The van der Waals surface area contributed by atoms with E-state index in [2.05, 4.69) is 0 Å². The van der Waals surface area contributed by atoms with Crippen molar-refractivity contribution in [1.82, 2.24) is 0 Å². The van der Waals surface area contributed by atoms with E-state index in [1.54, 1.807) is 12.1 Å². The van der Waals surface area contributed by atoms with E-state index >= 15 is 0 Å². The van der Waals surface area contributed by atoms with Crippen LogP contribution in [0.15, 0.2) is 54.6 Å². The van der Waals surface area contributed by atoms with Crippen LogP contribution in [0.1, 0.15) is 13.2 Å². The minimum Gasteiger partial charge on any atom is -0.478 e. The number of carboxylic acids is 1. The van der Waals surface area contributed by atoms with Crippen LogP contribution in [-0.4, -0.2) is 11.1 Å². The van der Waals surface area contributed by atoms with E-state index in [9.17, 15) is 4.79 Å². The van der Waals surface area contributed by atoms with Crippen LogP contribution in [0.4, 0.5) is 0 Å². The van der Waals surface area contributed by atoms with Gasteiger partial charge in [-0.25, -0.2) is 4.79 Å². The largest absolute Gasteiger partial charge is 0.478 e. The number of aromatic carboxylic acids is 1. The van der Waals surface area contributed by atoms with Crippen LogP contribution < -0.4 is 0 Å². The molecule has 86 valence electrons. The summed E-state index contributed by atoms with van der Waals surface area (Å²) in [5.74, 6) is -0.883. The zero-order valence-corrected chi connectivity index (χ0v) is 9.05. The predicted octanol–water partition coefficient (Wildman–Crippen LogP) is 4.18. The van der Waals surface area contributed by atoms with Crippen LogP contribution in [0.2, 0.25) is 0 Å². The van der Waals surface area contributed by atoms with Gasteiger partial charge in [0, 0.05) is 2.85 Å². The van der Waals surface area contributed by atoms with Gasteiger partial charge >= 0.3 is 5.97 Å². The van der Waals surface area contributed by atoms with Crippen molar-refractivity contribution in [3.63, 3.8) is 0 Å². The van der Waals surface area contributed by atoms with Crippen molar-refractivity contribution in [2.45, 2.75) is 0 Å². The van der Waals surface area contributed by atoms with Crippen LogP contribution >= 0.6 is 0 Å². The molecule has 0 bridgehead atoms. The molecular formula is C15H14O2. The molecule has 17 heavy (non-hydrogen) atoms. The van der Waals surface area contributed by atoms with Crippen LogP contribution in [-0.2, 0) is 0 Å². The fraction of sp³-hybridized carbons (Fsp3) is 0. The molecule has 0 saturated heterocycles. The standard InChI is InChI=1S/C15H10O2.2H2/c16-15(17)14-7-3-6-12-11-5-2-1-4-10(11)8-9-13(12)14;;/h1-9H,(H,16,17);2*1H. The first-order valence-electron chi connectivity index (χ1n) is 5.41. The highest BCUT2D eigenvalue weighted by Gasteiger charge is 2.09. The lowest BCUT2D eigenvalue weighted by Gasteiger charge is -2.06. The van der Waals surface area contributed by atoms with Gasteiger partial charge in [-0.2, -0.15) is 0 Å². The van der Waals surface area contributed by atoms with Gasteiger partial charge in [-0.3, -0.25) is 0 Å². The first-order chi connectivity index (χ1) is 8.27. The molecule has 3 aromatic rings. The van der Waals surface area contributed by atoms with Gasteiger partial charge in [0.25, 0.3) is 0 Å². The summed E-state index contributed by atoms with van der Waals surface area (Å²) in [6.45, 7) is 0. The minimum atomic E-state index is -0.883. The van der Waals surface area contributed by atoms with E-state index in [0.29, 0.717) is 5.56 Å². The molecule has 0 saturated carbocycles. The summed E-state index contributed by atoms with van der Waals surface area (Å²) < 4.78 is 0. The summed E-state index contributed by atoms with van der Waals surface area (Å²) in [6.07, 6.45) is 0. The number of rotatable bonds is 1. The van der Waals surface area contributed by atoms with Crippen LogP contribution in [0.3, 0.4) is 0 Å². The predicted molar refractivity (Wildman–Crippen MR) is 72.6 cm³/mol. The van der Waals surface area contributed by atoms with E-state index in [1.807, 2.05) is 42.5 Å². The number of carbonyl (C=O) groups is 1.